The molecule has 2 aromatic carbocycles. The van der Waals surface area contributed by atoms with Crippen LogP contribution in [0.4, 0.5) is 0 Å². The van der Waals surface area contributed by atoms with Crippen molar-refractivity contribution in [2.75, 3.05) is 33.4 Å². The Balaban J connectivity index is 1.30. The summed E-state index contributed by atoms with van der Waals surface area (Å²) in [5.41, 5.74) is 0.928. The molecule has 0 atom stereocenters. The third-order valence-corrected chi connectivity index (χ3v) is 7.51. The molecule has 0 saturated carbocycles. The van der Waals surface area contributed by atoms with Crippen LogP contribution in [-0.2, 0) is 21.4 Å². The lowest BCUT2D eigenvalue weighted by Crippen LogP contribution is -2.42. The van der Waals surface area contributed by atoms with Gasteiger partial charge in [-0.2, -0.15) is 4.31 Å². The van der Waals surface area contributed by atoms with Gasteiger partial charge in [0.15, 0.2) is 11.5 Å². The van der Waals surface area contributed by atoms with E-state index in [9.17, 15) is 13.2 Å². The van der Waals surface area contributed by atoms with Crippen molar-refractivity contribution in [3.05, 3.63) is 48.0 Å². The van der Waals surface area contributed by atoms with Crippen LogP contribution in [0, 0.1) is 5.92 Å². The highest BCUT2D eigenvalue weighted by Gasteiger charge is 2.32. The molecule has 2 aliphatic rings. The first kappa shape index (κ1) is 21.5. The zero-order valence-electron chi connectivity index (χ0n) is 17.4. The van der Waals surface area contributed by atoms with Gasteiger partial charge in [-0.15, -0.1) is 0 Å². The molecule has 0 unspecified atom stereocenters. The highest BCUT2D eigenvalue weighted by atomic mass is 32.2. The summed E-state index contributed by atoms with van der Waals surface area (Å²) >= 11 is 0. The predicted octanol–water partition coefficient (Wildman–Crippen LogP) is 2.18. The van der Waals surface area contributed by atoms with Crippen molar-refractivity contribution in [1.82, 2.24) is 9.62 Å². The third kappa shape index (κ3) is 4.77. The van der Waals surface area contributed by atoms with Gasteiger partial charge in [0.2, 0.25) is 15.9 Å². The van der Waals surface area contributed by atoms with Gasteiger partial charge in [0, 0.05) is 25.6 Å². The van der Waals surface area contributed by atoms with E-state index < -0.39 is 10.0 Å². The van der Waals surface area contributed by atoms with Gasteiger partial charge in [-0.25, -0.2) is 8.42 Å². The van der Waals surface area contributed by atoms with Crippen molar-refractivity contribution >= 4 is 15.9 Å². The third-order valence-electron chi connectivity index (χ3n) is 5.60. The van der Waals surface area contributed by atoms with Gasteiger partial charge in [-0.05, 0) is 54.8 Å². The Morgan fingerprint density at radius 3 is 2.42 bits per heavy atom. The average molecular weight is 447 g/mol. The summed E-state index contributed by atoms with van der Waals surface area (Å²) in [5.74, 6) is 1.74. The minimum absolute atomic E-state index is 0.0589. The van der Waals surface area contributed by atoms with E-state index in [-0.39, 0.29) is 16.7 Å². The maximum atomic E-state index is 12.9. The number of amides is 1. The number of carbonyl (C=O) groups excluding carboxylic acids is 1. The highest BCUT2D eigenvalue weighted by molar-refractivity contribution is 7.89. The Morgan fingerprint density at radius 1 is 1.06 bits per heavy atom. The molecular weight excluding hydrogens is 420 g/mol. The molecule has 9 heteroatoms. The van der Waals surface area contributed by atoms with Crippen LogP contribution in [-0.4, -0.2) is 52.0 Å². The van der Waals surface area contributed by atoms with Crippen LogP contribution in [0.3, 0.4) is 0 Å². The van der Waals surface area contributed by atoms with Gasteiger partial charge in [0.25, 0.3) is 0 Å². The Bertz CT molecular complexity index is 1030. The standard InChI is InChI=1S/C22H26N2O6S/c1-28-18-3-5-19(6-4-18)31(26,27)24-10-8-17(9-11-24)22(25)23-15-16-2-7-20-21(14-16)30-13-12-29-20/h2-7,14,17H,8-13,15H2,1H3,(H,23,25). The fourth-order valence-electron chi connectivity index (χ4n) is 3.79. The zero-order chi connectivity index (χ0) is 21.8. The van der Waals surface area contributed by atoms with E-state index in [0.29, 0.717) is 62.9 Å². The summed E-state index contributed by atoms with van der Waals surface area (Å²) in [4.78, 5) is 12.8. The van der Waals surface area contributed by atoms with E-state index in [1.54, 1.807) is 24.3 Å². The van der Waals surface area contributed by atoms with Gasteiger partial charge in [-0.1, -0.05) is 6.07 Å². The van der Waals surface area contributed by atoms with Gasteiger partial charge in [0.05, 0.1) is 12.0 Å². The lowest BCUT2D eigenvalue weighted by Gasteiger charge is -2.30. The summed E-state index contributed by atoms with van der Waals surface area (Å²) in [6.07, 6.45) is 0.977. The molecule has 2 aromatic rings. The molecule has 0 radical (unpaired) electrons. The number of piperidine rings is 1. The molecule has 8 nitrogen and oxygen atoms in total. The number of hydrogen-bond donors (Lipinski definition) is 1. The largest absolute Gasteiger partial charge is 0.497 e. The fraction of sp³-hybridized carbons (Fsp3) is 0.409. The van der Waals surface area contributed by atoms with Crippen LogP contribution in [0.15, 0.2) is 47.4 Å². The van der Waals surface area contributed by atoms with Crippen LogP contribution in [0.1, 0.15) is 18.4 Å². The maximum absolute atomic E-state index is 12.9. The fourth-order valence-corrected chi connectivity index (χ4v) is 5.26. The van der Waals surface area contributed by atoms with Crippen LogP contribution < -0.4 is 19.5 Å². The number of rotatable bonds is 6. The molecule has 0 aliphatic carbocycles. The van der Waals surface area contributed by atoms with E-state index >= 15 is 0 Å². The topological polar surface area (TPSA) is 94.2 Å². The molecule has 0 bridgehead atoms. The van der Waals surface area contributed by atoms with Crippen molar-refractivity contribution in [2.24, 2.45) is 5.92 Å². The minimum atomic E-state index is -3.58. The van der Waals surface area contributed by atoms with E-state index in [4.69, 9.17) is 14.2 Å². The molecule has 0 spiro atoms. The minimum Gasteiger partial charge on any atom is -0.497 e. The molecule has 166 valence electrons. The van der Waals surface area contributed by atoms with E-state index in [2.05, 4.69) is 5.32 Å². The average Bonchev–Trinajstić information content (AvgIpc) is 2.82. The molecule has 1 fully saturated rings. The summed E-state index contributed by atoms with van der Waals surface area (Å²) < 4.78 is 43.3. The number of sulfonamides is 1. The second kappa shape index (κ2) is 9.15. The Kier molecular flexibility index (Phi) is 6.33. The number of methoxy groups -OCH3 is 1. The summed E-state index contributed by atoms with van der Waals surface area (Å²) in [6, 6.07) is 12.0. The van der Waals surface area contributed by atoms with Crippen molar-refractivity contribution in [2.45, 2.75) is 24.3 Å². The smallest absolute Gasteiger partial charge is 0.243 e. The van der Waals surface area contributed by atoms with Crippen LogP contribution in [0.25, 0.3) is 0 Å². The summed E-state index contributed by atoms with van der Waals surface area (Å²) in [5, 5.41) is 2.96. The first-order chi connectivity index (χ1) is 15.0. The quantitative estimate of drug-likeness (QED) is 0.731. The number of fused-ring (bicyclic) bond motifs is 1. The van der Waals surface area contributed by atoms with Crippen molar-refractivity contribution in [3.8, 4) is 17.2 Å². The van der Waals surface area contributed by atoms with Gasteiger partial charge in [-0.3, -0.25) is 4.79 Å². The Hall–Kier alpha value is -2.78. The Labute approximate surface area is 182 Å². The van der Waals surface area contributed by atoms with Crippen LogP contribution in [0.2, 0.25) is 0 Å². The molecule has 2 heterocycles. The van der Waals surface area contributed by atoms with E-state index in [1.807, 2.05) is 18.2 Å². The number of benzene rings is 2. The summed E-state index contributed by atoms with van der Waals surface area (Å²) in [7, 11) is -2.05. The lowest BCUT2D eigenvalue weighted by molar-refractivity contribution is -0.126. The Morgan fingerprint density at radius 2 is 1.74 bits per heavy atom. The first-order valence-electron chi connectivity index (χ1n) is 10.3. The first-order valence-corrected chi connectivity index (χ1v) is 11.7. The second-order valence-corrected chi connectivity index (χ2v) is 9.49. The number of carbonyl (C=O) groups is 1. The predicted molar refractivity (Wildman–Crippen MR) is 114 cm³/mol. The highest BCUT2D eigenvalue weighted by Crippen LogP contribution is 2.31. The zero-order valence-corrected chi connectivity index (χ0v) is 18.2. The van der Waals surface area contributed by atoms with Crippen LogP contribution >= 0.6 is 0 Å². The van der Waals surface area contributed by atoms with Gasteiger partial charge < -0.3 is 19.5 Å². The lowest BCUT2D eigenvalue weighted by atomic mass is 9.97. The molecule has 0 aromatic heterocycles. The van der Waals surface area contributed by atoms with Crippen molar-refractivity contribution < 1.29 is 27.4 Å². The SMILES string of the molecule is COc1ccc(S(=O)(=O)N2CCC(C(=O)NCc3ccc4c(c3)OCCO4)CC2)cc1. The molecule has 31 heavy (non-hydrogen) atoms. The van der Waals surface area contributed by atoms with Crippen LogP contribution in [0.5, 0.6) is 17.2 Å². The second-order valence-electron chi connectivity index (χ2n) is 7.55. The molecule has 1 saturated heterocycles. The van der Waals surface area contributed by atoms with E-state index in [1.165, 1.54) is 11.4 Å². The van der Waals surface area contributed by atoms with Crippen molar-refractivity contribution in [3.63, 3.8) is 0 Å². The number of hydrogen-bond acceptors (Lipinski definition) is 6. The summed E-state index contributed by atoms with van der Waals surface area (Å²) in [6.45, 7) is 2.07. The maximum Gasteiger partial charge on any atom is 0.243 e. The normalized spacial score (nSPS) is 17.2. The number of nitrogens with zero attached hydrogens (tertiary/aromatic N) is 1. The molecule has 1 N–H and O–H groups in total. The molecule has 2 aliphatic heterocycles. The van der Waals surface area contributed by atoms with Crippen molar-refractivity contribution in [1.29, 1.82) is 0 Å². The van der Waals surface area contributed by atoms with Gasteiger partial charge in [0.1, 0.15) is 19.0 Å². The van der Waals surface area contributed by atoms with E-state index in [0.717, 1.165) is 5.56 Å². The molecule has 1 amide bonds. The van der Waals surface area contributed by atoms with Gasteiger partial charge >= 0.3 is 0 Å². The molecule has 4 rings (SSSR count). The monoisotopic (exact) mass is 446 g/mol. The number of nitrogens with one attached hydrogen (secondary N) is 1. The number of ether oxygens (including phenoxy) is 3. The molecular formula is C22H26N2O6S.